The average molecular weight is 650 g/mol. The molecule has 47 heavy (non-hydrogen) atoms. The second kappa shape index (κ2) is 18.1. The first-order valence-electron chi connectivity index (χ1n) is 16.1. The van der Waals surface area contributed by atoms with Crippen molar-refractivity contribution in [3.63, 3.8) is 0 Å². The molecule has 0 aliphatic carbocycles. The maximum absolute atomic E-state index is 13.1. The number of nitriles is 1. The number of hydrogen-bond donors (Lipinski definition) is 0. The third-order valence-electron chi connectivity index (χ3n) is 7.88. The first kappa shape index (κ1) is 38.9. The van der Waals surface area contributed by atoms with E-state index in [1.54, 1.807) is 42.5 Å². The van der Waals surface area contributed by atoms with Gasteiger partial charge in [-0.25, -0.2) is 9.59 Å². The Balaban J connectivity index is 1.76. The van der Waals surface area contributed by atoms with Crippen LogP contribution in [0, 0.1) is 27.6 Å². The van der Waals surface area contributed by atoms with Crippen LogP contribution in [0.4, 0.5) is 0 Å². The number of methoxy groups -OCH3 is 1. The molecular weight excluding hydrogens is 598 g/mol. The number of hydrogen-bond acceptors (Lipinski definition) is 9. The van der Waals surface area contributed by atoms with E-state index in [0.717, 1.165) is 32.1 Å². The maximum Gasteiger partial charge on any atom is 0.343 e. The fourth-order valence-electron chi connectivity index (χ4n) is 4.90. The molecule has 9 heteroatoms. The zero-order chi connectivity index (χ0) is 35.1. The second-order valence-electron chi connectivity index (χ2n) is 14.0. The fraction of sp³-hybridized carbons (Fsp3) is 0.526. The highest BCUT2D eigenvalue weighted by atomic mass is 16.6. The summed E-state index contributed by atoms with van der Waals surface area (Å²) in [5, 5.41) is 8.52. The number of ether oxygens (including phenoxy) is 5. The van der Waals surface area contributed by atoms with Gasteiger partial charge in [0.1, 0.15) is 12.4 Å². The smallest absolute Gasteiger partial charge is 0.343 e. The van der Waals surface area contributed by atoms with Crippen molar-refractivity contribution in [1.82, 2.24) is 0 Å². The van der Waals surface area contributed by atoms with Gasteiger partial charge in [0.05, 0.1) is 43.8 Å². The predicted octanol–water partition coefficient (Wildman–Crippen LogP) is 8.36. The minimum atomic E-state index is -0.562. The van der Waals surface area contributed by atoms with Crippen LogP contribution in [0.5, 0.6) is 17.2 Å². The summed E-state index contributed by atoms with van der Waals surface area (Å²) in [4.78, 5) is 37.5. The van der Waals surface area contributed by atoms with Crippen LogP contribution in [-0.2, 0) is 19.1 Å². The predicted molar refractivity (Wildman–Crippen MR) is 181 cm³/mol. The molecule has 256 valence electrons. The van der Waals surface area contributed by atoms with Crippen molar-refractivity contribution in [2.45, 2.75) is 87.0 Å². The van der Waals surface area contributed by atoms with Crippen LogP contribution < -0.4 is 14.2 Å². The van der Waals surface area contributed by atoms with Gasteiger partial charge in [-0.1, -0.05) is 47.6 Å². The highest BCUT2D eigenvalue weighted by molar-refractivity contribution is 5.91. The minimum absolute atomic E-state index is 0.0207. The minimum Gasteiger partial charge on any atom is -0.494 e. The number of esters is 3. The molecule has 0 spiro atoms. The van der Waals surface area contributed by atoms with Crippen molar-refractivity contribution >= 4 is 24.0 Å². The summed E-state index contributed by atoms with van der Waals surface area (Å²) >= 11 is 0. The average Bonchev–Trinajstić information content (AvgIpc) is 3.00. The zero-order valence-corrected chi connectivity index (χ0v) is 29.3. The summed E-state index contributed by atoms with van der Waals surface area (Å²) in [6.45, 7) is 15.8. The quantitative estimate of drug-likeness (QED) is 0.0720. The molecule has 2 rings (SSSR count). The van der Waals surface area contributed by atoms with Crippen molar-refractivity contribution in [2.75, 3.05) is 26.9 Å². The first-order chi connectivity index (χ1) is 22.1. The van der Waals surface area contributed by atoms with Gasteiger partial charge in [-0.3, -0.25) is 4.79 Å². The summed E-state index contributed by atoms with van der Waals surface area (Å²) in [6, 6.07) is 13.5. The highest BCUT2D eigenvalue weighted by Gasteiger charge is 2.47. The Labute approximate surface area is 280 Å². The van der Waals surface area contributed by atoms with Crippen LogP contribution >= 0.6 is 0 Å². The van der Waals surface area contributed by atoms with Crippen molar-refractivity contribution in [3.8, 4) is 23.3 Å². The van der Waals surface area contributed by atoms with Gasteiger partial charge in [-0.15, -0.1) is 0 Å². The Kier molecular flexibility index (Phi) is 15.0. The number of carbonyl (C=O) groups is 3. The van der Waals surface area contributed by atoms with Gasteiger partial charge in [0.25, 0.3) is 0 Å². The summed E-state index contributed by atoms with van der Waals surface area (Å²) in [5.41, 5.74) is 0.254. The van der Waals surface area contributed by atoms with E-state index in [1.807, 2.05) is 13.0 Å². The topological polar surface area (TPSA) is 121 Å². The van der Waals surface area contributed by atoms with Gasteiger partial charge in [-0.05, 0) is 97.9 Å². The zero-order valence-electron chi connectivity index (χ0n) is 29.3. The summed E-state index contributed by atoms with van der Waals surface area (Å²) in [7, 11) is 1.45. The Hall–Kier alpha value is -4.32. The van der Waals surface area contributed by atoms with Crippen molar-refractivity contribution in [1.29, 1.82) is 5.26 Å². The fourth-order valence-corrected chi connectivity index (χ4v) is 4.90. The van der Waals surface area contributed by atoms with Crippen molar-refractivity contribution < 1.29 is 38.1 Å². The number of benzene rings is 2. The van der Waals surface area contributed by atoms with Gasteiger partial charge in [-0.2, -0.15) is 5.26 Å². The monoisotopic (exact) mass is 649 g/mol. The molecule has 1 unspecified atom stereocenters. The Morgan fingerprint density at radius 1 is 0.809 bits per heavy atom. The lowest BCUT2D eigenvalue weighted by atomic mass is 9.61. The molecule has 2 aromatic rings. The van der Waals surface area contributed by atoms with E-state index in [0.29, 0.717) is 35.8 Å². The van der Waals surface area contributed by atoms with E-state index in [4.69, 9.17) is 28.9 Å². The molecule has 2 aromatic carbocycles. The van der Waals surface area contributed by atoms with Gasteiger partial charge < -0.3 is 23.7 Å². The molecule has 0 N–H and O–H groups in total. The SMILES string of the molecule is COc1cc(/C=C/C(=O)OCCC#N)ccc1OC(=O)c1ccc(OCCCCCCOC(=O)C(C)(CC(C)(C)C)C(C)(C)C)cc1. The number of rotatable bonds is 17. The molecule has 0 bridgehead atoms. The molecule has 0 radical (unpaired) electrons. The number of carbonyl (C=O) groups excluding carboxylic acids is 3. The van der Waals surface area contributed by atoms with E-state index >= 15 is 0 Å². The molecule has 0 amide bonds. The molecule has 0 heterocycles. The van der Waals surface area contributed by atoms with Crippen LogP contribution in [0.25, 0.3) is 6.08 Å². The van der Waals surface area contributed by atoms with Crippen LogP contribution in [-0.4, -0.2) is 44.8 Å². The molecule has 0 fully saturated rings. The molecule has 0 aromatic heterocycles. The molecule has 0 aliphatic rings. The normalized spacial score (nSPS) is 12.9. The molecule has 0 saturated carbocycles. The van der Waals surface area contributed by atoms with Crippen LogP contribution in [0.15, 0.2) is 48.5 Å². The second-order valence-corrected chi connectivity index (χ2v) is 14.0. The Morgan fingerprint density at radius 3 is 2.06 bits per heavy atom. The van der Waals surface area contributed by atoms with E-state index in [1.165, 1.54) is 19.3 Å². The number of nitrogens with zero attached hydrogens (tertiary/aromatic N) is 1. The van der Waals surface area contributed by atoms with E-state index in [-0.39, 0.29) is 35.6 Å². The molecular formula is C38H51NO8. The van der Waals surface area contributed by atoms with E-state index in [9.17, 15) is 14.4 Å². The highest BCUT2D eigenvalue weighted by Crippen LogP contribution is 2.47. The van der Waals surface area contributed by atoms with Gasteiger partial charge in [0.2, 0.25) is 0 Å². The van der Waals surface area contributed by atoms with Crippen molar-refractivity contribution in [2.24, 2.45) is 16.2 Å². The van der Waals surface area contributed by atoms with Crippen LogP contribution in [0.1, 0.15) is 103 Å². The standard InChI is InChI=1S/C38H51NO8/c1-36(2,3)27-38(7,37(4,5)6)35(42)46-24-12-10-9-11-23-44-30-18-16-29(17-19-30)34(41)47-31-20-14-28(26-32(31)43-8)15-21-33(40)45-25-13-22-39/h14-21,26H,9-13,23-25,27H2,1-8H3/b21-15+. The molecule has 9 nitrogen and oxygen atoms in total. The van der Waals surface area contributed by atoms with Crippen LogP contribution in [0.3, 0.4) is 0 Å². The molecule has 1 atom stereocenters. The summed E-state index contributed by atoms with van der Waals surface area (Å²) in [5.74, 6) is -0.0366. The molecule has 0 aliphatic heterocycles. The molecule has 0 saturated heterocycles. The largest absolute Gasteiger partial charge is 0.494 e. The summed E-state index contributed by atoms with van der Waals surface area (Å²) < 4.78 is 27.4. The first-order valence-corrected chi connectivity index (χ1v) is 16.1. The van der Waals surface area contributed by atoms with Crippen molar-refractivity contribution in [3.05, 3.63) is 59.7 Å². The van der Waals surface area contributed by atoms with Gasteiger partial charge in [0, 0.05) is 6.08 Å². The Morgan fingerprint density at radius 2 is 1.47 bits per heavy atom. The van der Waals surface area contributed by atoms with E-state index in [2.05, 4.69) is 41.5 Å². The third kappa shape index (κ3) is 13.1. The van der Waals surface area contributed by atoms with Gasteiger partial charge in [0.15, 0.2) is 11.5 Å². The third-order valence-corrected chi connectivity index (χ3v) is 7.88. The lowest BCUT2D eigenvalue weighted by molar-refractivity contribution is -0.165. The lowest BCUT2D eigenvalue weighted by Crippen LogP contribution is -2.44. The van der Waals surface area contributed by atoms with Gasteiger partial charge >= 0.3 is 17.9 Å². The number of unbranched alkanes of at least 4 members (excludes halogenated alkanes) is 3. The lowest BCUT2D eigenvalue weighted by Gasteiger charge is -2.43. The maximum atomic E-state index is 13.1. The van der Waals surface area contributed by atoms with Crippen LogP contribution in [0.2, 0.25) is 0 Å². The van der Waals surface area contributed by atoms with E-state index < -0.39 is 17.4 Å². The Bertz CT molecular complexity index is 1390. The summed E-state index contributed by atoms with van der Waals surface area (Å²) in [6.07, 6.45) is 7.22.